The molecule has 0 atom stereocenters. The summed E-state index contributed by atoms with van der Waals surface area (Å²) in [5, 5.41) is 0. The maximum Gasteiger partial charge on any atom is 0.193 e. The molecule has 0 aromatic heterocycles. The van der Waals surface area contributed by atoms with Gasteiger partial charge in [0.25, 0.3) is 0 Å². The summed E-state index contributed by atoms with van der Waals surface area (Å²) in [6.45, 7) is 0. The van der Waals surface area contributed by atoms with Gasteiger partial charge in [0.1, 0.15) is 0 Å². The quantitative estimate of drug-likeness (QED) is 0.600. The van der Waals surface area contributed by atoms with Gasteiger partial charge in [0.15, 0.2) is 5.78 Å². The van der Waals surface area contributed by atoms with Gasteiger partial charge in [0, 0.05) is 11.1 Å². The number of carbonyl (C=O) groups is 1. The van der Waals surface area contributed by atoms with E-state index in [-0.39, 0.29) is 5.78 Å². The van der Waals surface area contributed by atoms with Gasteiger partial charge in [-0.3, -0.25) is 4.79 Å². The molecule has 2 aromatic carbocycles. The minimum Gasteiger partial charge on any atom is -0.289 e. The summed E-state index contributed by atoms with van der Waals surface area (Å²) in [6, 6.07) is 18.6. The average Bonchev–Trinajstić information content (AvgIpc) is 2.42. The van der Waals surface area contributed by atoms with E-state index in [1.807, 2.05) is 66.5 Å². The van der Waals surface area contributed by atoms with Gasteiger partial charge < -0.3 is 0 Å². The zero-order valence-corrected chi connectivity index (χ0v) is 10.6. The molecule has 0 saturated heterocycles. The highest BCUT2D eigenvalue weighted by atomic mass is 79.9. The average molecular weight is 277 g/mol. The monoisotopic (exact) mass is 276 g/mol. The van der Waals surface area contributed by atoms with Gasteiger partial charge in [-0.05, 0) is 5.83 Å². The Bertz CT molecular complexity index is 382. The standard InChI is InChI=1S/C13H10O.CH3Br/c14-13(11-7-3-1-4-8-11)12-9-5-2-6-10-12;1-2/h1-10H;1H3. The van der Waals surface area contributed by atoms with E-state index in [2.05, 4.69) is 15.9 Å². The molecule has 0 bridgehead atoms. The highest BCUT2D eigenvalue weighted by Crippen LogP contribution is 2.08. The number of halogens is 1. The summed E-state index contributed by atoms with van der Waals surface area (Å²) < 4.78 is 0. The number of ketones is 1. The van der Waals surface area contributed by atoms with Crippen molar-refractivity contribution in [1.29, 1.82) is 0 Å². The van der Waals surface area contributed by atoms with Crippen LogP contribution in [-0.2, 0) is 0 Å². The third kappa shape index (κ3) is 3.31. The second-order valence-corrected chi connectivity index (χ2v) is 3.06. The van der Waals surface area contributed by atoms with Crippen molar-refractivity contribution in [1.82, 2.24) is 0 Å². The van der Waals surface area contributed by atoms with Crippen LogP contribution in [0, 0.1) is 0 Å². The van der Waals surface area contributed by atoms with Crippen molar-refractivity contribution in [3.63, 3.8) is 0 Å². The lowest BCUT2D eigenvalue weighted by atomic mass is 10.0. The molecule has 2 rings (SSSR count). The zero-order chi connectivity index (χ0) is 11.8. The molecule has 16 heavy (non-hydrogen) atoms. The van der Waals surface area contributed by atoms with E-state index in [4.69, 9.17) is 0 Å². The van der Waals surface area contributed by atoms with Crippen LogP contribution in [0.4, 0.5) is 0 Å². The Morgan fingerprint density at radius 2 is 1.06 bits per heavy atom. The molecule has 0 radical (unpaired) electrons. The number of carbonyl (C=O) groups excluding carboxylic acids is 1. The van der Waals surface area contributed by atoms with E-state index in [0.717, 1.165) is 11.1 Å². The predicted molar refractivity (Wildman–Crippen MR) is 71.2 cm³/mol. The summed E-state index contributed by atoms with van der Waals surface area (Å²) in [5.41, 5.74) is 1.47. The zero-order valence-electron chi connectivity index (χ0n) is 9.06. The van der Waals surface area contributed by atoms with Gasteiger partial charge in [-0.25, -0.2) is 0 Å². The van der Waals surface area contributed by atoms with Crippen molar-refractivity contribution in [3.05, 3.63) is 71.8 Å². The van der Waals surface area contributed by atoms with Gasteiger partial charge in [0.05, 0.1) is 0 Å². The smallest absolute Gasteiger partial charge is 0.193 e. The van der Waals surface area contributed by atoms with E-state index in [9.17, 15) is 4.79 Å². The molecule has 1 nitrogen and oxygen atoms in total. The Morgan fingerprint density at radius 3 is 1.38 bits per heavy atom. The molecule has 0 fully saturated rings. The molecule has 2 aromatic rings. The lowest BCUT2D eigenvalue weighted by Crippen LogP contribution is -1.99. The highest BCUT2D eigenvalue weighted by Gasteiger charge is 2.06. The molecule has 0 aliphatic heterocycles. The fourth-order valence-electron chi connectivity index (χ4n) is 1.35. The van der Waals surface area contributed by atoms with Crippen molar-refractivity contribution in [2.24, 2.45) is 0 Å². The Hall–Kier alpha value is -1.41. The minimum atomic E-state index is 0.0752. The molecular weight excluding hydrogens is 264 g/mol. The fourth-order valence-corrected chi connectivity index (χ4v) is 1.35. The second kappa shape index (κ2) is 6.96. The van der Waals surface area contributed by atoms with Crippen molar-refractivity contribution >= 4 is 21.7 Å². The number of benzene rings is 2. The molecule has 0 N–H and O–H groups in total. The molecule has 0 unspecified atom stereocenters. The molecule has 0 aliphatic rings. The third-order valence-electron chi connectivity index (χ3n) is 2.07. The van der Waals surface area contributed by atoms with E-state index in [0.29, 0.717) is 0 Å². The summed E-state index contributed by atoms with van der Waals surface area (Å²) in [7, 11) is 0. The molecule has 0 spiro atoms. The van der Waals surface area contributed by atoms with Crippen LogP contribution in [0.25, 0.3) is 0 Å². The molecular formula is C14H13BrO. The maximum absolute atomic E-state index is 11.8. The number of hydrogen-bond donors (Lipinski definition) is 0. The second-order valence-electron chi connectivity index (χ2n) is 3.06. The van der Waals surface area contributed by atoms with Crippen LogP contribution in [0.15, 0.2) is 60.7 Å². The van der Waals surface area contributed by atoms with Crippen molar-refractivity contribution in [2.45, 2.75) is 0 Å². The number of alkyl halides is 1. The number of rotatable bonds is 2. The minimum absolute atomic E-state index is 0.0752. The molecule has 82 valence electrons. The van der Waals surface area contributed by atoms with Crippen LogP contribution in [0.3, 0.4) is 0 Å². The Balaban J connectivity index is 0.000000606. The molecule has 0 heterocycles. The first kappa shape index (κ1) is 12.7. The first-order chi connectivity index (χ1) is 7.88. The van der Waals surface area contributed by atoms with E-state index in [1.54, 1.807) is 0 Å². The Labute approximate surface area is 104 Å². The first-order valence-electron chi connectivity index (χ1n) is 4.90. The largest absolute Gasteiger partial charge is 0.289 e. The van der Waals surface area contributed by atoms with Gasteiger partial charge in [-0.1, -0.05) is 76.6 Å². The first-order valence-corrected chi connectivity index (χ1v) is 6.49. The Kier molecular flexibility index (Phi) is 5.51. The van der Waals surface area contributed by atoms with Crippen LogP contribution in [0.5, 0.6) is 0 Å². The molecule has 2 heteroatoms. The van der Waals surface area contributed by atoms with E-state index >= 15 is 0 Å². The fraction of sp³-hybridized carbons (Fsp3) is 0.0714. The van der Waals surface area contributed by atoms with Crippen LogP contribution in [0.2, 0.25) is 0 Å². The van der Waals surface area contributed by atoms with Crippen LogP contribution < -0.4 is 0 Å². The van der Waals surface area contributed by atoms with Crippen molar-refractivity contribution < 1.29 is 4.79 Å². The van der Waals surface area contributed by atoms with E-state index in [1.165, 1.54) is 0 Å². The molecule has 0 amide bonds. The normalized spacial score (nSPS) is 8.88. The summed E-state index contributed by atoms with van der Waals surface area (Å²) >= 11 is 2.94. The van der Waals surface area contributed by atoms with Crippen LogP contribution in [0.1, 0.15) is 15.9 Å². The molecule has 0 saturated carbocycles. The van der Waals surface area contributed by atoms with Gasteiger partial charge in [-0.15, -0.1) is 0 Å². The lowest BCUT2D eigenvalue weighted by Gasteiger charge is -1.99. The SMILES string of the molecule is CBr.O=C(c1ccccc1)c1ccccc1. The summed E-state index contributed by atoms with van der Waals surface area (Å²) in [6.07, 6.45) is 0. The van der Waals surface area contributed by atoms with Crippen molar-refractivity contribution in [2.75, 3.05) is 5.83 Å². The van der Waals surface area contributed by atoms with Crippen LogP contribution in [-0.4, -0.2) is 11.6 Å². The number of hydrogen-bond acceptors (Lipinski definition) is 1. The topological polar surface area (TPSA) is 17.1 Å². The van der Waals surface area contributed by atoms with Gasteiger partial charge >= 0.3 is 0 Å². The highest BCUT2D eigenvalue weighted by molar-refractivity contribution is 9.08. The third-order valence-corrected chi connectivity index (χ3v) is 2.07. The van der Waals surface area contributed by atoms with Gasteiger partial charge in [-0.2, -0.15) is 0 Å². The Morgan fingerprint density at radius 1 is 0.750 bits per heavy atom. The summed E-state index contributed by atoms with van der Waals surface area (Å²) in [4.78, 5) is 11.8. The van der Waals surface area contributed by atoms with E-state index < -0.39 is 0 Å². The van der Waals surface area contributed by atoms with Gasteiger partial charge in [0.2, 0.25) is 0 Å². The molecule has 0 aliphatic carbocycles. The maximum atomic E-state index is 11.8. The van der Waals surface area contributed by atoms with Crippen molar-refractivity contribution in [3.8, 4) is 0 Å². The van der Waals surface area contributed by atoms with Crippen LogP contribution >= 0.6 is 15.9 Å². The summed E-state index contributed by atoms with van der Waals surface area (Å²) in [5.74, 6) is 1.89. The lowest BCUT2D eigenvalue weighted by molar-refractivity contribution is 0.103. The predicted octanol–water partition coefficient (Wildman–Crippen LogP) is 3.93.